The van der Waals surface area contributed by atoms with Gasteiger partial charge in [-0.05, 0) is 36.8 Å². The van der Waals surface area contributed by atoms with Crippen molar-refractivity contribution in [1.29, 1.82) is 0 Å². The van der Waals surface area contributed by atoms with Crippen molar-refractivity contribution in [2.45, 2.75) is 32.6 Å². The Hall–Kier alpha value is -2.11. The van der Waals surface area contributed by atoms with Crippen molar-refractivity contribution >= 4 is 17.7 Å². The number of carboxylic acid groups (broad SMARTS) is 1. The van der Waals surface area contributed by atoms with E-state index in [0.29, 0.717) is 17.6 Å². The first kappa shape index (κ1) is 14.3. The molecule has 1 fully saturated rings. The van der Waals surface area contributed by atoms with Gasteiger partial charge in [0.1, 0.15) is 5.69 Å². The highest BCUT2D eigenvalue weighted by atomic mass is 16.4. The number of aromatic carboxylic acids is 1. The molecule has 20 heavy (non-hydrogen) atoms. The molecule has 1 aliphatic rings. The maximum absolute atomic E-state index is 11.7. The zero-order chi connectivity index (χ0) is 14.6. The van der Waals surface area contributed by atoms with Crippen molar-refractivity contribution in [3.63, 3.8) is 0 Å². The third-order valence-electron chi connectivity index (χ3n) is 3.60. The second-order valence-corrected chi connectivity index (χ2v) is 5.29. The van der Waals surface area contributed by atoms with Crippen LogP contribution in [0, 0.1) is 5.41 Å². The molecule has 6 nitrogen and oxygen atoms in total. The van der Waals surface area contributed by atoms with Crippen LogP contribution >= 0.6 is 0 Å². The fraction of sp³-hybridized carbons (Fsp3) is 0.500. The minimum Gasteiger partial charge on any atom is -0.477 e. The lowest BCUT2D eigenvalue weighted by atomic mass is 10.0. The van der Waals surface area contributed by atoms with E-state index < -0.39 is 5.97 Å². The number of rotatable bonds is 6. The second-order valence-electron chi connectivity index (χ2n) is 5.29. The molecule has 0 radical (unpaired) electrons. The number of carboxylic acids is 1. The summed E-state index contributed by atoms with van der Waals surface area (Å²) in [6.45, 7) is 2.84. The fourth-order valence-corrected chi connectivity index (χ4v) is 2.26. The molecule has 6 heteroatoms. The minimum atomic E-state index is -1.09. The van der Waals surface area contributed by atoms with Gasteiger partial charge in [-0.15, -0.1) is 0 Å². The van der Waals surface area contributed by atoms with Gasteiger partial charge in [0.05, 0.1) is 11.9 Å². The summed E-state index contributed by atoms with van der Waals surface area (Å²) >= 11 is 0. The molecule has 3 N–H and O–H groups in total. The first-order valence-electron chi connectivity index (χ1n) is 6.79. The van der Waals surface area contributed by atoms with Crippen LogP contribution in [0.2, 0.25) is 0 Å². The Labute approximate surface area is 117 Å². The number of amides is 2. The number of anilines is 1. The Kier molecular flexibility index (Phi) is 4.22. The molecule has 0 saturated heterocycles. The zero-order valence-corrected chi connectivity index (χ0v) is 11.5. The van der Waals surface area contributed by atoms with Crippen LogP contribution < -0.4 is 10.6 Å². The molecule has 2 rings (SSSR count). The highest BCUT2D eigenvalue weighted by Gasteiger charge is 2.41. The maximum atomic E-state index is 11.7. The van der Waals surface area contributed by atoms with Crippen LogP contribution in [0.3, 0.4) is 0 Å². The number of carbonyl (C=O) groups excluding carboxylic acids is 1. The van der Waals surface area contributed by atoms with E-state index >= 15 is 0 Å². The van der Waals surface area contributed by atoms with Crippen molar-refractivity contribution < 1.29 is 14.7 Å². The van der Waals surface area contributed by atoms with Crippen LogP contribution in [0.5, 0.6) is 0 Å². The predicted octanol–water partition coefficient (Wildman–Crippen LogP) is 2.48. The Bertz CT molecular complexity index is 495. The molecule has 0 atom stereocenters. The van der Waals surface area contributed by atoms with E-state index in [1.807, 2.05) is 0 Å². The summed E-state index contributed by atoms with van der Waals surface area (Å²) in [7, 11) is 0. The number of hydrogen-bond acceptors (Lipinski definition) is 3. The standard InChI is InChI=1S/C14H19N3O3/c1-2-5-14(6-7-14)9-16-13(20)17-10-3-4-11(12(18)19)15-8-10/h3-4,8H,2,5-7,9H2,1H3,(H,18,19)(H2,16,17,20). The van der Waals surface area contributed by atoms with Crippen molar-refractivity contribution in [2.75, 3.05) is 11.9 Å². The molecule has 1 aromatic heterocycles. The normalized spacial score (nSPS) is 15.4. The van der Waals surface area contributed by atoms with Crippen LogP contribution in [0.15, 0.2) is 18.3 Å². The number of nitrogens with zero attached hydrogens (tertiary/aromatic N) is 1. The first-order chi connectivity index (χ1) is 9.54. The topological polar surface area (TPSA) is 91.3 Å². The Morgan fingerprint density at radius 2 is 2.15 bits per heavy atom. The molecule has 108 valence electrons. The molecule has 0 aromatic carbocycles. The largest absolute Gasteiger partial charge is 0.477 e. The highest BCUT2D eigenvalue weighted by molar-refractivity contribution is 5.90. The van der Waals surface area contributed by atoms with Gasteiger partial charge in [0.25, 0.3) is 0 Å². The van der Waals surface area contributed by atoms with Crippen LogP contribution in [0.25, 0.3) is 0 Å². The summed E-state index contributed by atoms with van der Waals surface area (Å²) in [5.74, 6) is -1.09. The van der Waals surface area contributed by atoms with Crippen LogP contribution in [-0.2, 0) is 0 Å². The average Bonchev–Trinajstić information content (AvgIpc) is 3.18. The van der Waals surface area contributed by atoms with E-state index in [-0.39, 0.29) is 11.7 Å². The van der Waals surface area contributed by atoms with E-state index in [0.717, 1.165) is 12.8 Å². The SMILES string of the molecule is CCCC1(CNC(=O)Nc2ccc(C(=O)O)nc2)CC1. The Balaban J connectivity index is 1.81. The molecule has 1 saturated carbocycles. The van der Waals surface area contributed by atoms with Gasteiger partial charge in [-0.2, -0.15) is 0 Å². The first-order valence-corrected chi connectivity index (χ1v) is 6.79. The number of nitrogens with one attached hydrogen (secondary N) is 2. The van der Waals surface area contributed by atoms with Gasteiger partial charge in [-0.1, -0.05) is 13.3 Å². The molecular formula is C14H19N3O3. The van der Waals surface area contributed by atoms with Crippen LogP contribution in [0.1, 0.15) is 43.1 Å². The van der Waals surface area contributed by atoms with Crippen LogP contribution in [-0.4, -0.2) is 28.6 Å². The van der Waals surface area contributed by atoms with Gasteiger partial charge < -0.3 is 15.7 Å². The molecule has 0 spiro atoms. The summed E-state index contributed by atoms with van der Waals surface area (Å²) in [6.07, 6.45) is 5.96. The molecule has 1 aliphatic carbocycles. The van der Waals surface area contributed by atoms with E-state index in [1.165, 1.54) is 31.2 Å². The number of urea groups is 1. The third-order valence-corrected chi connectivity index (χ3v) is 3.60. The summed E-state index contributed by atoms with van der Waals surface area (Å²) < 4.78 is 0. The van der Waals surface area contributed by atoms with Gasteiger partial charge >= 0.3 is 12.0 Å². The Morgan fingerprint density at radius 1 is 1.40 bits per heavy atom. The number of hydrogen-bond donors (Lipinski definition) is 3. The second kappa shape index (κ2) is 5.90. The molecule has 2 amide bonds. The van der Waals surface area contributed by atoms with Gasteiger partial charge in [0, 0.05) is 6.54 Å². The minimum absolute atomic E-state index is 0.0455. The van der Waals surface area contributed by atoms with Crippen molar-refractivity contribution in [2.24, 2.45) is 5.41 Å². The van der Waals surface area contributed by atoms with Gasteiger partial charge in [0.2, 0.25) is 0 Å². The molecule has 1 aromatic rings. The van der Waals surface area contributed by atoms with E-state index in [9.17, 15) is 9.59 Å². The Morgan fingerprint density at radius 3 is 2.65 bits per heavy atom. The van der Waals surface area contributed by atoms with Crippen LogP contribution in [0.4, 0.5) is 10.5 Å². The maximum Gasteiger partial charge on any atom is 0.354 e. The third kappa shape index (κ3) is 3.69. The van der Waals surface area contributed by atoms with Gasteiger partial charge in [-0.3, -0.25) is 0 Å². The van der Waals surface area contributed by atoms with Crippen molar-refractivity contribution in [3.8, 4) is 0 Å². The molecule has 1 heterocycles. The predicted molar refractivity (Wildman–Crippen MR) is 74.8 cm³/mol. The fourth-order valence-electron chi connectivity index (χ4n) is 2.26. The summed E-state index contributed by atoms with van der Waals surface area (Å²) in [5, 5.41) is 14.2. The quantitative estimate of drug-likeness (QED) is 0.745. The molecule has 0 aliphatic heterocycles. The number of aromatic nitrogens is 1. The van der Waals surface area contributed by atoms with Gasteiger partial charge in [-0.25, -0.2) is 14.6 Å². The number of pyridine rings is 1. The lowest BCUT2D eigenvalue weighted by Gasteiger charge is -2.15. The van der Waals surface area contributed by atoms with Gasteiger partial charge in [0.15, 0.2) is 0 Å². The summed E-state index contributed by atoms with van der Waals surface area (Å²) in [4.78, 5) is 26.1. The van der Waals surface area contributed by atoms with E-state index in [4.69, 9.17) is 5.11 Å². The molecular weight excluding hydrogens is 258 g/mol. The molecule has 0 bridgehead atoms. The number of carbonyl (C=O) groups is 2. The summed E-state index contributed by atoms with van der Waals surface area (Å²) in [5.41, 5.74) is 0.737. The summed E-state index contributed by atoms with van der Waals surface area (Å²) in [6, 6.07) is 2.60. The smallest absolute Gasteiger partial charge is 0.354 e. The van der Waals surface area contributed by atoms with E-state index in [2.05, 4.69) is 22.5 Å². The average molecular weight is 277 g/mol. The lowest BCUT2D eigenvalue weighted by Crippen LogP contribution is -2.33. The monoisotopic (exact) mass is 277 g/mol. The highest BCUT2D eigenvalue weighted by Crippen LogP contribution is 2.48. The van der Waals surface area contributed by atoms with Crippen molar-refractivity contribution in [3.05, 3.63) is 24.0 Å². The zero-order valence-electron chi connectivity index (χ0n) is 11.5. The van der Waals surface area contributed by atoms with Crippen molar-refractivity contribution in [1.82, 2.24) is 10.3 Å². The van der Waals surface area contributed by atoms with E-state index in [1.54, 1.807) is 0 Å². The molecule has 0 unspecified atom stereocenters. The lowest BCUT2D eigenvalue weighted by molar-refractivity contribution is 0.0690.